The number of ether oxygens (including phenoxy) is 1. The molecule has 2 rings (SSSR count). The van der Waals surface area contributed by atoms with E-state index in [2.05, 4.69) is 15.6 Å². The smallest absolute Gasteiger partial charge is 0.416 e. The van der Waals surface area contributed by atoms with E-state index in [0.29, 0.717) is 19.0 Å². The van der Waals surface area contributed by atoms with Crippen LogP contribution in [0.1, 0.15) is 16.7 Å². The lowest BCUT2D eigenvalue weighted by Crippen LogP contribution is -2.37. The predicted molar refractivity (Wildman–Crippen MR) is 112 cm³/mol. The Hall–Kier alpha value is -1.97. The Labute approximate surface area is 174 Å². The standard InChI is InChI=1S/C19H22F3N3O.HI/c1-23-18(24-12-11-15-5-3-4-6-17(15)26-2)25-13-14-7-9-16(10-8-14)19(20,21)22;/h3-10H,11-13H2,1-2H3,(H2,23,24,25);1H. The molecule has 2 aromatic rings. The second-order valence-electron chi connectivity index (χ2n) is 5.61. The van der Waals surface area contributed by atoms with E-state index in [1.807, 2.05) is 24.3 Å². The van der Waals surface area contributed by atoms with Gasteiger partial charge < -0.3 is 15.4 Å². The van der Waals surface area contributed by atoms with Gasteiger partial charge in [0.1, 0.15) is 5.75 Å². The van der Waals surface area contributed by atoms with Gasteiger partial charge in [-0.15, -0.1) is 24.0 Å². The molecule has 2 aromatic carbocycles. The first kappa shape index (κ1) is 23.1. The second kappa shape index (κ2) is 11.0. The monoisotopic (exact) mass is 493 g/mol. The molecule has 0 bridgehead atoms. The minimum absolute atomic E-state index is 0. The number of halogens is 4. The molecule has 0 aliphatic carbocycles. The van der Waals surface area contributed by atoms with E-state index in [9.17, 15) is 13.2 Å². The van der Waals surface area contributed by atoms with E-state index in [0.717, 1.165) is 35.4 Å². The summed E-state index contributed by atoms with van der Waals surface area (Å²) in [5, 5.41) is 6.26. The Morgan fingerprint density at radius 1 is 1.04 bits per heavy atom. The highest BCUT2D eigenvalue weighted by Gasteiger charge is 2.29. The van der Waals surface area contributed by atoms with E-state index >= 15 is 0 Å². The average molecular weight is 493 g/mol. The third-order valence-corrected chi connectivity index (χ3v) is 3.84. The van der Waals surface area contributed by atoms with Crippen LogP contribution in [0.2, 0.25) is 0 Å². The van der Waals surface area contributed by atoms with Crippen LogP contribution in [0, 0.1) is 0 Å². The van der Waals surface area contributed by atoms with Crippen molar-refractivity contribution in [1.29, 1.82) is 0 Å². The Balaban J connectivity index is 0.00000364. The van der Waals surface area contributed by atoms with Gasteiger partial charge >= 0.3 is 6.18 Å². The molecule has 8 heteroatoms. The number of nitrogens with zero attached hydrogens (tertiary/aromatic N) is 1. The first-order valence-electron chi connectivity index (χ1n) is 8.16. The van der Waals surface area contributed by atoms with Crippen LogP contribution in [-0.2, 0) is 19.1 Å². The molecule has 27 heavy (non-hydrogen) atoms. The first-order valence-corrected chi connectivity index (χ1v) is 8.16. The van der Waals surface area contributed by atoms with Crippen LogP contribution in [0.3, 0.4) is 0 Å². The predicted octanol–water partition coefficient (Wildman–Crippen LogP) is 4.24. The number of methoxy groups -OCH3 is 1. The number of rotatable bonds is 6. The third-order valence-electron chi connectivity index (χ3n) is 3.84. The van der Waals surface area contributed by atoms with E-state index in [1.165, 1.54) is 12.1 Å². The van der Waals surface area contributed by atoms with Crippen molar-refractivity contribution in [1.82, 2.24) is 10.6 Å². The van der Waals surface area contributed by atoms with Gasteiger partial charge in [-0.2, -0.15) is 13.2 Å². The molecule has 0 saturated carbocycles. The molecule has 148 valence electrons. The maximum absolute atomic E-state index is 12.6. The number of para-hydroxylation sites is 1. The highest BCUT2D eigenvalue weighted by molar-refractivity contribution is 14.0. The van der Waals surface area contributed by atoms with Gasteiger partial charge in [0.15, 0.2) is 5.96 Å². The molecule has 0 fully saturated rings. The SMILES string of the molecule is CN=C(NCCc1ccccc1OC)NCc1ccc(C(F)(F)F)cc1.I. The number of guanidine groups is 1. The number of aliphatic imine (C=N–C) groups is 1. The van der Waals surface area contributed by atoms with Crippen LogP contribution >= 0.6 is 24.0 Å². The van der Waals surface area contributed by atoms with E-state index in [4.69, 9.17) is 4.74 Å². The van der Waals surface area contributed by atoms with Crippen molar-refractivity contribution >= 4 is 29.9 Å². The average Bonchev–Trinajstić information content (AvgIpc) is 2.64. The fourth-order valence-electron chi connectivity index (χ4n) is 2.44. The van der Waals surface area contributed by atoms with Gasteiger partial charge in [0.2, 0.25) is 0 Å². The lowest BCUT2D eigenvalue weighted by molar-refractivity contribution is -0.137. The summed E-state index contributed by atoms with van der Waals surface area (Å²) in [5.41, 5.74) is 1.17. The van der Waals surface area contributed by atoms with Crippen molar-refractivity contribution < 1.29 is 17.9 Å². The van der Waals surface area contributed by atoms with Gasteiger partial charge in [0.25, 0.3) is 0 Å². The number of hydrogen-bond acceptors (Lipinski definition) is 2. The number of alkyl halides is 3. The summed E-state index contributed by atoms with van der Waals surface area (Å²) in [4.78, 5) is 4.12. The molecule has 0 aliphatic heterocycles. The van der Waals surface area contributed by atoms with Crippen molar-refractivity contribution in [2.75, 3.05) is 20.7 Å². The molecule has 0 heterocycles. The van der Waals surface area contributed by atoms with Crippen molar-refractivity contribution in [3.05, 3.63) is 65.2 Å². The third kappa shape index (κ3) is 7.28. The van der Waals surface area contributed by atoms with Crippen LogP contribution in [0.5, 0.6) is 5.75 Å². The topological polar surface area (TPSA) is 45.7 Å². The summed E-state index contributed by atoms with van der Waals surface area (Å²) >= 11 is 0. The summed E-state index contributed by atoms with van der Waals surface area (Å²) in [5.74, 6) is 1.42. The van der Waals surface area contributed by atoms with Crippen LogP contribution in [0.15, 0.2) is 53.5 Å². The highest BCUT2D eigenvalue weighted by Crippen LogP contribution is 2.29. The summed E-state index contributed by atoms with van der Waals surface area (Å²) in [7, 11) is 3.28. The summed E-state index contributed by atoms with van der Waals surface area (Å²) < 4.78 is 43.0. The van der Waals surface area contributed by atoms with Crippen LogP contribution < -0.4 is 15.4 Å². The molecule has 0 radical (unpaired) electrons. The quantitative estimate of drug-likeness (QED) is 0.360. The Kier molecular flexibility index (Phi) is 9.40. The maximum atomic E-state index is 12.6. The van der Waals surface area contributed by atoms with Crippen molar-refractivity contribution in [3.8, 4) is 5.75 Å². The molecule has 0 aromatic heterocycles. The molecular weight excluding hydrogens is 470 g/mol. The van der Waals surface area contributed by atoms with Gasteiger partial charge in [0.05, 0.1) is 12.7 Å². The van der Waals surface area contributed by atoms with E-state index in [-0.39, 0.29) is 24.0 Å². The van der Waals surface area contributed by atoms with Gasteiger partial charge in [-0.3, -0.25) is 4.99 Å². The molecule has 4 nitrogen and oxygen atoms in total. The molecule has 0 amide bonds. The Morgan fingerprint density at radius 2 is 1.70 bits per heavy atom. The normalized spacial score (nSPS) is 11.5. The van der Waals surface area contributed by atoms with Crippen molar-refractivity contribution in [2.24, 2.45) is 4.99 Å². The van der Waals surface area contributed by atoms with E-state index < -0.39 is 11.7 Å². The molecule has 0 atom stereocenters. The van der Waals surface area contributed by atoms with Crippen molar-refractivity contribution in [2.45, 2.75) is 19.1 Å². The Bertz CT molecular complexity index is 734. The number of nitrogens with one attached hydrogen (secondary N) is 2. The first-order chi connectivity index (χ1) is 12.4. The molecule has 0 aliphatic rings. The lowest BCUT2D eigenvalue weighted by Gasteiger charge is -2.13. The fraction of sp³-hybridized carbons (Fsp3) is 0.316. The van der Waals surface area contributed by atoms with Gasteiger partial charge in [-0.05, 0) is 35.7 Å². The summed E-state index contributed by atoms with van der Waals surface area (Å²) in [6, 6.07) is 12.8. The number of benzene rings is 2. The maximum Gasteiger partial charge on any atom is 0.416 e. The number of hydrogen-bond donors (Lipinski definition) is 2. The zero-order valence-electron chi connectivity index (χ0n) is 15.1. The van der Waals surface area contributed by atoms with E-state index in [1.54, 1.807) is 14.2 Å². The van der Waals surface area contributed by atoms with Gasteiger partial charge in [0, 0.05) is 20.1 Å². The fourth-order valence-corrected chi connectivity index (χ4v) is 2.44. The zero-order chi connectivity index (χ0) is 19.0. The summed E-state index contributed by atoms with van der Waals surface area (Å²) in [6.07, 6.45) is -3.56. The van der Waals surface area contributed by atoms with Crippen LogP contribution in [-0.4, -0.2) is 26.7 Å². The highest BCUT2D eigenvalue weighted by atomic mass is 127. The Morgan fingerprint density at radius 3 is 2.30 bits per heavy atom. The van der Waals surface area contributed by atoms with Crippen molar-refractivity contribution in [3.63, 3.8) is 0 Å². The lowest BCUT2D eigenvalue weighted by atomic mass is 10.1. The van der Waals surface area contributed by atoms with Crippen LogP contribution in [0.4, 0.5) is 13.2 Å². The molecular formula is C19H23F3IN3O. The molecule has 0 spiro atoms. The largest absolute Gasteiger partial charge is 0.496 e. The second-order valence-corrected chi connectivity index (χ2v) is 5.61. The molecule has 0 saturated heterocycles. The minimum atomic E-state index is -4.32. The molecule has 2 N–H and O–H groups in total. The van der Waals surface area contributed by atoms with Gasteiger partial charge in [-0.1, -0.05) is 30.3 Å². The minimum Gasteiger partial charge on any atom is -0.496 e. The molecule has 0 unspecified atom stereocenters. The van der Waals surface area contributed by atoms with Crippen LogP contribution in [0.25, 0.3) is 0 Å². The van der Waals surface area contributed by atoms with Gasteiger partial charge in [-0.25, -0.2) is 0 Å². The summed E-state index contributed by atoms with van der Waals surface area (Å²) in [6.45, 7) is 1.03. The zero-order valence-corrected chi connectivity index (χ0v) is 17.5.